The number of halogens is 2. The summed E-state index contributed by atoms with van der Waals surface area (Å²) in [5.74, 6) is -1.05. The Hall–Kier alpha value is -1.95. The number of hydrogen-bond acceptors (Lipinski definition) is 2. The van der Waals surface area contributed by atoms with Gasteiger partial charge in [0.2, 0.25) is 0 Å². The van der Waals surface area contributed by atoms with E-state index in [9.17, 15) is 13.6 Å². The molecule has 2 amide bonds. The van der Waals surface area contributed by atoms with Crippen molar-refractivity contribution in [1.82, 2.24) is 10.6 Å². The molecule has 0 saturated heterocycles. The average molecular weight is 322 g/mol. The van der Waals surface area contributed by atoms with E-state index in [0.717, 1.165) is 0 Å². The van der Waals surface area contributed by atoms with Crippen molar-refractivity contribution in [1.29, 1.82) is 0 Å². The van der Waals surface area contributed by atoms with Crippen molar-refractivity contribution in [2.75, 3.05) is 13.2 Å². The van der Waals surface area contributed by atoms with Crippen molar-refractivity contribution >= 4 is 6.03 Å². The molecule has 3 N–H and O–H groups in total. The normalized spacial score (nSPS) is 24.5. The first-order chi connectivity index (χ1) is 11.0. The Bertz CT molecular complexity index is 609. The summed E-state index contributed by atoms with van der Waals surface area (Å²) in [7, 11) is 0. The van der Waals surface area contributed by atoms with E-state index in [1.807, 2.05) is 12.2 Å². The van der Waals surface area contributed by atoms with Gasteiger partial charge in [0.05, 0.1) is 0 Å². The first-order valence-corrected chi connectivity index (χ1v) is 7.82. The maximum atomic E-state index is 13.9. The third kappa shape index (κ3) is 3.37. The molecule has 0 radical (unpaired) electrons. The number of carbonyl (C=O) groups excluding carboxylic acids is 1. The summed E-state index contributed by atoms with van der Waals surface area (Å²) >= 11 is 0. The van der Waals surface area contributed by atoms with Gasteiger partial charge in [0.1, 0.15) is 11.6 Å². The Morgan fingerprint density at radius 1 is 1.26 bits per heavy atom. The molecule has 0 bridgehead atoms. The molecule has 0 aromatic heterocycles. The van der Waals surface area contributed by atoms with Crippen LogP contribution >= 0.6 is 0 Å². The molecule has 2 atom stereocenters. The zero-order valence-corrected chi connectivity index (χ0v) is 12.7. The molecule has 6 heteroatoms. The topological polar surface area (TPSA) is 61.4 Å². The van der Waals surface area contributed by atoms with Crippen molar-refractivity contribution in [2.45, 2.75) is 30.7 Å². The summed E-state index contributed by atoms with van der Waals surface area (Å²) in [6.07, 6.45) is 5.70. The number of urea groups is 1. The van der Waals surface area contributed by atoms with Gasteiger partial charge in [0.25, 0.3) is 0 Å². The second kappa shape index (κ2) is 6.28. The lowest BCUT2D eigenvalue weighted by Gasteiger charge is -2.19. The number of amides is 2. The first kappa shape index (κ1) is 15.9. The molecule has 2 aliphatic rings. The van der Waals surface area contributed by atoms with Crippen LogP contribution in [-0.4, -0.2) is 30.3 Å². The number of hydrogen-bond donors (Lipinski definition) is 3. The van der Waals surface area contributed by atoms with Gasteiger partial charge < -0.3 is 15.7 Å². The summed E-state index contributed by atoms with van der Waals surface area (Å²) < 4.78 is 27.8. The summed E-state index contributed by atoms with van der Waals surface area (Å²) in [6.45, 7) is 0.266. The lowest BCUT2D eigenvalue weighted by Crippen LogP contribution is -2.44. The van der Waals surface area contributed by atoms with Gasteiger partial charge >= 0.3 is 6.03 Å². The molecular weight excluding hydrogens is 302 g/mol. The monoisotopic (exact) mass is 322 g/mol. The minimum absolute atomic E-state index is 0.0615. The molecule has 3 rings (SSSR count). The Balaban J connectivity index is 1.56. The fraction of sp³-hybridized carbons (Fsp3) is 0.471. The van der Waals surface area contributed by atoms with Crippen LogP contribution in [0.3, 0.4) is 0 Å². The number of carbonyl (C=O) groups is 1. The van der Waals surface area contributed by atoms with Crippen molar-refractivity contribution in [3.05, 3.63) is 47.5 Å². The largest absolute Gasteiger partial charge is 0.396 e. The Labute approximate surface area is 133 Å². The summed E-state index contributed by atoms with van der Waals surface area (Å²) in [6, 6.07) is 3.36. The maximum absolute atomic E-state index is 13.9. The van der Waals surface area contributed by atoms with E-state index in [1.54, 1.807) is 0 Å². The fourth-order valence-electron chi connectivity index (χ4n) is 3.16. The van der Waals surface area contributed by atoms with Crippen molar-refractivity contribution < 1.29 is 18.7 Å². The van der Waals surface area contributed by atoms with Crippen LogP contribution in [-0.2, 0) is 5.41 Å². The van der Waals surface area contributed by atoms with Crippen molar-refractivity contribution in [2.24, 2.45) is 5.92 Å². The van der Waals surface area contributed by atoms with Gasteiger partial charge in [-0.15, -0.1) is 0 Å². The lowest BCUT2D eigenvalue weighted by molar-refractivity contribution is 0.230. The first-order valence-electron chi connectivity index (χ1n) is 7.82. The van der Waals surface area contributed by atoms with Crippen LogP contribution in [0.2, 0.25) is 0 Å². The molecule has 1 aromatic rings. The quantitative estimate of drug-likeness (QED) is 0.728. The van der Waals surface area contributed by atoms with Gasteiger partial charge in [-0.25, -0.2) is 13.6 Å². The van der Waals surface area contributed by atoms with Gasteiger partial charge in [0.15, 0.2) is 0 Å². The zero-order valence-electron chi connectivity index (χ0n) is 12.7. The number of rotatable bonds is 5. The molecule has 2 aliphatic carbocycles. The van der Waals surface area contributed by atoms with E-state index in [0.29, 0.717) is 19.3 Å². The van der Waals surface area contributed by atoms with Gasteiger partial charge in [0, 0.05) is 36.1 Å². The smallest absolute Gasteiger partial charge is 0.315 e. The highest BCUT2D eigenvalue weighted by molar-refractivity contribution is 5.74. The average Bonchev–Trinajstić information content (AvgIpc) is 3.16. The fourth-order valence-corrected chi connectivity index (χ4v) is 3.16. The van der Waals surface area contributed by atoms with Crippen LogP contribution in [0.5, 0.6) is 0 Å². The standard InChI is InChI=1S/C17H20F2N2O2/c18-13-2-1-3-14(19)15(13)17(6-7-17)10-20-16(23)21-12-5-4-11(8-12)9-22/h1-5,11-12,22H,6-10H2,(H2,20,21,23)/t11-,12+/m0/s1. The highest BCUT2D eigenvalue weighted by Crippen LogP contribution is 2.49. The van der Waals surface area contributed by atoms with Gasteiger partial charge in [-0.05, 0) is 31.4 Å². The molecule has 0 spiro atoms. The molecule has 1 saturated carbocycles. The van der Waals surface area contributed by atoms with E-state index in [-0.39, 0.29) is 36.7 Å². The van der Waals surface area contributed by atoms with Crippen LogP contribution in [0.25, 0.3) is 0 Å². The molecule has 0 aliphatic heterocycles. The lowest BCUT2D eigenvalue weighted by atomic mass is 9.94. The predicted molar refractivity (Wildman–Crippen MR) is 81.9 cm³/mol. The molecule has 0 unspecified atom stereocenters. The third-order valence-corrected chi connectivity index (χ3v) is 4.66. The maximum Gasteiger partial charge on any atom is 0.315 e. The highest BCUT2D eigenvalue weighted by atomic mass is 19.1. The van der Waals surface area contributed by atoms with Gasteiger partial charge in [-0.3, -0.25) is 0 Å². The molecule has 23 heavy (non-hydrogen) atoms. The van der Waals surface area contributed by atoms with Gasteiger partial charge in [-0.1, -0.05) is 18.2 Å². The number of benzene rings is 1. The zero-order chi connectivity index (χ0) is 16.4. The SMILES string of the molecule is O=C(NCC1(c2c(F)cccc2F)CC1)N[C@@H]1C=C[C@H](CO)C1. The molecule has 0 heterocycles. The Kier molecular flexibility index (Phi) is 4.35. The Morgan fingerprint density at radius 3 is 2.52 bits per heavy atom. The third-order valence-electron chi connectivity index (χ3n) is 4.66. The van der Waals surface area contributed by atoms with E-state index in [1.165, 1.54) is 18.2 Å². The molecular formula is C17H20F2N2O2. The summed E-state index contributed by atoms with van der Waals surface area (Å²) in [4.78, 5) is 12.0. The second-order valence-corrected chi connectivity index (χ2v) is 6.37. The predicted octanol–water partition coefficient (Wildman–Crippen LogP) is 2.23. The number of aliphatic hydroxyl groups excluding tert-OH is 1. The van der Waals surface area contributed by atoms with Crippen LogP contribution in [0.1, 0.15) is 24.8 Å². The van der Waals surface area contributed by atoms with Crippen LogP contribution in [0.15, 0.2) is 30.4 Å². The van der Waals surface area contributed by atoms with E-state index >= 15 is 0 Å². The van der Waals surface area contributed by atoms with E-state index in [4.69, 9.17) is 5.11 Å². The summed E-state index contributed by atoms with van der Waals surface area (Å²) in [5.41, 5.74) is -0.562. The number of aliphatic hydroxyl groups is 1. The number of nitrogens with one attached hydrogen (secondary N) is 2. The van der Waals surface area contributed by atoms with Gasteiger partial charge in [-0.2, -0.15) is 0 Å². The molecule has 1 fully saturated rings. The van der Waals surface area contributed by atoms with E-state index < -0.39 is 17.0 Å². The van der Waals surface area contributed by atoms with E-state index in [2.05, 4.69) is 10.6 Å². The van der Waals surface area contributed by atoms with Crippen LogP contribution in [0, 0.1) is 17.6 Å². The second-order valence-electron chi connectivity index (χ2n) is 6.37. The summed E-state index contributed by atoms with van der Waals surface area (Å²) in [5, 5.41) is 14.6. The van der Waals surface area contributed by atoms with Crippen molar-refractivity contribution in [3.8, 4) is 0 Å². The minimum Gasteiger partial charge on any atom is -0.396 e. The minimum atomic E-state index is -0.633. The Morgan fingerprint density at radius 2 is 1.96 bits per heavy atom. The van der Waals surface area contributed by atoms with Crippen LogP contribution < -0.4 is 10.6 Å². The van der Waals surface area contributed by atoms with Crippen molar-refractivity contribution in [3.63, 3.8) is 0 Å². The molecule has 124 valence electrons. The molecule has 4 nitrogen and oxygen atoms in total. The van der Waals surface area contributed by atoms with Crippen LogP contribution in [0.4, 0.5) is 13.6 Å². The highest BCUT2D eigenvalue weighted by Gasteiger charge is 2.48. The molecule has 1 aromatic carbocycles.